The van der Waals surface area contributed by atoms with Crippen LogP contribution in [0.25, 0.3) is 0 Å². The first kappa shape index (κ1) is 36.5. The fourth-order valence-corrected chi connectivity index (χ4v) is 5.47. The molecule has 43 heavy (non-hydrogen) atoms. The number of nitrogens with zero attached hydrogens (tertiary/aromatic N) is 1. The summed E-state index contributed by atoms with van der Waals surface area (Å²) in [4.78, 5) is 40.1. The summed E-state index contributed by atoms with van der Waals surface area (Å²) in [7, 11) is 0. The van der Waals surface area contributed by atoms with Gasteiger partial charge in [0.2, 0.25) is 11.8 Å². The lowest BCUT2D eigenvalue weighted by molar-refractivity contribution is -0.147. The molecule has 1 aromatic carbocycles. The maximum atomic E-state index is 13.2. The van der Waals surface area contributed by atoms with E-state index in [1.54, 1.807) is 4.90 Å². The molecular weight excluding hydrogens is 562 g/mol. The monoisotopic (exact) mass is 617 g/mol. The molecule has 1 saturated heterocycles. The van der Waals surface area contributed by atoms with E-state index < -0.39 is 17.4 Å². The van der Waals surface area contributed by atoms with Gasteiger partial charge in [-0.1, -0.05) is 90.7 Å². The zero-order valence-corrected chi connectivity index (χ0v) is 28.0. The van der Waals surface area contributed by atoms with Gasteiger partial charge in [0.25, 0.3) is 0 Å². The summed E-state index contributed by atoms with van der Waals surface area (Å²) < 4.78 is 11.4. The van der Waals surface area contributed by atoms with E-state index in [1.165, 1.54) is 44.9 Å². The normalized spacial score (nSPS) is 15.1. The number of nitrogens with one attached hydrogen (secondary N) is 2. The molecule has 1 aliphatic rings. The molecule has 0 saturated carbocycles. The molecule has 2 amide bonds. The summed E-state index contributed by atoms with van der Waals surface area (Å²) in [5, 5.41) is 5.78. The van der Waals surface area contributed by atoms with Crippen molar-refractivity contribution in [1.82, 2.24) is 15.5 Å². The Morgan fingerprint density at radius 1 is 1.00 bits per heavy atom. The second kappa shape index (κ2) is 19.6. The average Bonchev–Trinajstić information content (AvgIpc) is 2.96. The number of aryl methyl sites for hydroxylation is 2. The van der Waals surface area contributed by atoms with Crippen molar-refractivity contribution in [3.05, 3.63) is 29.3 Å². The maximum Gasteiger partial charge on any atom is 0.308 e. The first-order valence-electron chi connectivity index (χ1n) is 16.3. The number of carbonyl (C=O) groups is 3. The molecule has 0 aromatic heterocycles. The van der Waals surface area contributed by atoms with E-state index in [4.69, 9.17) is 21.7 Å². The first-order chi connectivity index (χ1) is 20.5. The molecule has 2 N–H and O–H groups in total. The van der Waals surface area contributed by atoms with E-state index in [2.05, 4.69) is 23.6 Å². The van der Waals surface area contributed by atoms with Gasteiger partial charge in [-0.2, -0.15) is 0 Å². The number of rotatable bonds is 19. The third kappa shape index (κ3) is 13.7. The summed E-state index contributed by atoms with van der Waals surface area (Å²) >= 11 is 5.55. The van der Waals surface area contributed by atoms with Gasteiger partial charge in [0.05, 0.1) is 19.6 Å². The molecule has 1 aromatic rings. The van der Waals surface area contributed by atoms with Gasteiger partial charge >= 0.3 is 5.97 Å². The largest absolute Gasteiger partial charge is 0.493 e. The second-order valence-corrected chi connectivity index (χ2v) is 12.9. The Labute approximate surface area is 265 Å². The Bertz CT molecular complexity index is 1040. The molecule has 1 unspecified atom stereocenters. The second-order valence-electron chi connectivity index (χ2n) is 12.5. The fourth-order valence-electron chi connectivity index (χ4n) is 5.16. The molecule has 1 atom stereocenters. The quantitative estimate of drug-likeness (QED) is 0.103. The van der Waals surface area contributed by atoms with Crippen molar-refractivity contribution in [3.63, 3.8) is 0 Å². The molecule has 1 heterocycles. The van der Waals surface area contributed by atoms with E-state index in [9.17, 15) is 14.4 Å². The smallest absolute Gasteiger partial charge is 0.308 e. The number of piperazine rings is 1. The molecule has 8 nitrogen and oxygen atoms in total. The minimum atomic E-state index is -0.809. The topological polar surface area (TPSA) is 97.0 Å². The zero-order valence-electron chi connectivity index (χ0n) is 27.2. The average molecular weight is 618 g/mol. The van der Waals surface area contributed by atoms with Gasteiger partial charge in [-0.3, -0.25) is 14.4 Å². The number of esters is 1. The number of benzene rings is 1. The predicted octanol–water partition coefficient (Wildman–Crippen LogP) is 6.54. The summed E-state index contributed by atoms with van der Waals surface area (Å²) in [6, 6.07) is 5.30. The van der Waals surface area contributed by atoms with Gasteiger partial charge in [-0.05, 0) is 62.5 Å². The highest BCUT2D eigenvalue weighted by Crippen LogP contribution is 2.25. The van der Waals surface area contributed by atoms with Gasteiger partial charge in [-0.25, -0.2) is 0 Å². The van der Waals surface area contributed by atoms with Crippen LogP contribution in [0.1, 0.15) is 115 Å². The third-order valence-corrected chi connectivity index (χ3v) is 8.43. The summed E-state index contributed by atoms with van der Waals surface area (Å²) in [5.41, 5.74) is 1.52. The number of amides is 2. The van der Waals surface area contributed by atoms with Crippen LogP contribution in [0, 0.1) is 19.3 Å². The molecular formula is C34H55N3O5S. The van der Waals surface area contributed by atoms with Crippen molar-refractivity contribution in [3.8, 4) is 5.75 Å². The van der Waals surface area contributed by atoms with Crippen molar-refractivity contribution < 1.29 is 23.9 Å². The molecule has 9 heteroatoms. The highest BCUT2D eigenvalue weighted by Gasteiger charge is 2.36. The van der Waals surface area contributed by atoms with Crippen LogP contribution in [0.15, 0.2) is 18.2 Å². The van der Waals surface area contributed by atoms with Crippen LogP contribution in [0.5, 0.6) is 5.75 Å². The number of hydrogen-bond donors (Lipinski definition) is 2. The summed E-state index contributed by atoms with van der Waals surface area (Å²) in [6.07, 6.45) is 13.2. The zero-order chi connectivity index (χ0) is 31.7. The van der Waals surface area contributed by atoms with E-state index in [1.807, 2.05) is 39.8 Å². The third-order valence-electron chi connectivity index (χ3n) is 8.10. The molecule has 0 bridgehead atoms. The number of unbranched alkanes of at least 4 members (excludes halogenated alkanes) is 9. The SMILES string of the molecule is CCCCCCCCCCCCOC(=O)CC1C(=O)NCCN1C(=S)NC(=O)C(C)(C)CCCOc1cc(C)ccc1C. The van der Waals surface area contributed by atoms with Gasteiger partial charge < -0.3 is 25.0 Å². The van der Waals surface area contributed by atoms with Crippen molar-refractivity contribution in [2.45, 2.75) is 124 Å². The highest BCUT2D eigenvalue weighted by atomic mass is 32.1. The molecule has 1 fully saturated rings. The minimum absolute atomic E-state index is 0.112. The molecule has 0 spiro atoms. The van der Waals surface area contributed by atoms with Crippen molar-refractivity contribution >= 4 is 35.1 Å². The van der Waals surface area contributed by atoms with E-state index >= 15 is 0 Å². The minimum Gasteiger partial charge on any atom is -0.493 e. The summed E-state index contributed by atoms with van der Waals surface area (Å²) in [6.45, 7) is 11.7. The lowest BCUT2D eigenvalue weighted by Gasteiger charge is -2.37. The molecule has 242 valence electrons. The lowest BCUT2D eigenvalue weighted by atomic mass is 9.87. The fraction of sp³-hybridized carbons (Fsp3) is 0.706. The van der Waals surface area contributed by atoms with Crippen LogP contribution in [0.2, 0.25) is 0 Å². The molecule has 2 rings (SSSR count). The molecule has 0 aliphatic carbocycles. The Morgan fingerprint density at radius 2 is 1.65 bits per heavy atom. The lowest BCUT2D eigenvalue weighted by Crippen LogP contribution is -2.61. The van der Waals surface area contributed by atoms with Crippen LogP contribution in [0.3, 0.4) is 0 Å². The van der Waals surface area contributed by atoms with Gasteiger partial charge in [0.1, 0.15) is 11.8 Å². The Hall–Kier alpha value is -2.68. The Morgan fingerprint density at radius 3 is 2.33 bits per heavy atom. The number of hydrogen-bond acceptors (Lipinski definition) is 6. The van der Waals surface area contributed by atoms with Gasteiger partial charge in [0, 0.05) is 18.5 Å². The first-order valence-corrected chi connectivity index (χ1v) is 16.7. The highest BCUT2D eigenvalue weighted by molar-refractivity contribution is 7.80. The molecule has 1 aliphatic heterocycles. The van der Waals surface area contributed by atoms with Crippen LogP contribution >= 0.6 is 12.2 Å². The van der Waals surface area contributed by atoms with Crippen LogP contribution < -0.4 is 15.4 Å². The number of thiocarbonyl (C=S) groups is 1. The van der Waals surface area contributed by atoms with E-state index in [-0.39, 0.29) is 23.3 Å². The predicted molar refractivity (Wildman–Crippen MR) is 176 cm³/mol. The molecule has 0 radical (unpaired) electrons. The van der Waals surface area contributed by atoms with Crippen LogP contribution in [-0.4, -0.2) is 60.1 Å². The van der Waals surface area contributed by atoms with Crippen LogP contribution in [0.4, 0.5) is 0 Å². The van der Waals surface area contributed by atoms with Gasteiger partial charge in [-0.15, -0.1) is 0 Å². The van der Waals surface area contributed by atoms with Crippen LogP contribution in [-0.2, 0) is 19.1 Å². The van der Waals surface area contributed by atoms with Crippen molar-refractivity contribution in [2.75, 3.05) is 26.3 Å². The standard InChI is InChI=1S/C34H55N3O5S/c1-6-7-8-9-10-11-12-13-14-15-22-42-30(38)25-28-31(39)35-20-21-37(28)33(43)36-32(40)34(4,5)19-16-23-41-29-24-26(2)17-18-27(29)3/h17-18,24,28H,6-16,19-23,25H2,1-5H3,(H,35,39)(H,36,40,43). The Kier molecular flexibility index (Phi) is 16.6. The van der Waals surface area contributed by atoms with E-state index in [0.717, 1.165) is 36.1 Å². The maximum absolute atomic E-state index is 13.2. The van der Waals surface area contributed by atoms with Gasteiger partial charge in [0.15, 0.2) is 5.11 Å². The Balaban J connectivity index is 1.73. The van der Waals surface area contributed by atoms with Crippen molar-refractivity contribution in [2.24, 2.45) is 5.41 Å². The number of carbonyl (C=O) groups excluding carboxylic acids is 3. The number of ether oxygens (including phenoxy) is 2. The summed E-state index contributed by atoms with van der Waals surface area (Å²) in [5.74, 6) is -0.0831. The van der Waals surface area contributed by atoms with Crippen molar-refractivity contribution in [1.29, 1.82) is 0 Å². The van der Waals surface area contributed by atoms with E-state index in [0.29, 0.717) is 39.1 Å².